The molecule has 0 amide bonds. The predicted octanol–water partition coefficient (Wildman–Crippen LogP) is 4.04. The molecule has 0 spiro atoms. The second-order valence-electron chi connectivity index (χ2n) is 7.39. The Morgan fingerprint density at radius 3 is 1.45 bits per heavy atom. The molecule has 6 aromatic rings. The fourth-order valence-electron chi connectivity index (χ4n) is 4.00. The quantitative estimate of drug-likeness (QED) is 0.371. The van der Waals surface area contributed by atoms with Crippen molar-refractivity contribution in [2.45, 2.75) is 8.42 Å². The van der Waals surface area contributed by atoms with Crippen molar-refractivity contribution in [2.24, 2.45) is 14.1 Å². The van der Waals surface area contributed by atoms with Crippen LogP contribution in [-0.2, 0) is 14.1 Å². The molecule has 6 rings (SSSR count). The van der Waals surface area contributed by atoms with Gasteiger partial charge < -0.3 is 0 Å². The third-order valence-corrected chi connectivity index (χ3v) is 8.47. The van der Waals surface area contributed by atoms with Gasteiger partial charge >= 0.3 is 0 Å². The van der Waals surface area contributed by atoms with Gasteiger partial charge in [0.2, 0.25) is 0 Å². The van der Waals surface area contributed by atoms with Crippen LogP contribution in [-0.4, -0.2) is 27.5 Å². The predicted molar refractivity (Wildman–Crippen MR) is 132 cm³/mol. The minimum absolute atomic E-state index is 0.154. The minimum Gasteiger partial charge on any atom is -0.277 e. The zero-order chi connectivity index (χ0) is 22.7. The van der Waals surface area contributed by atoms with Gasteiger partial charge in [0.25, 0.3) is 11.1 Å². The number of nitrogens with zero attached hydrogens (tertiary/aromatic N) is 6. The molecule has 2 aromatic carbocycles. The summed E-state index contributed by atoms with van der Waals surface area (Å²) in [5, 5.41) is 0. The Labute approximate surface area is 199 Å². The average molecular weight is 493 g/mol. The van der Waals surface area contributed by atoms with Gasteiger partial charge in [-0.3, -0.25) is 19.0 Å². The van der Waals surface area contributed by atoms with Crippen LogP contribution >= 0.6 is 34.8 Å². The lowest BCUT2D eigenvalue weighted by atomic mass is 10.3. The molecule has 0 saturated heterocycles. The summed E-state index contributed by atoms with van der Waals surface area (Å²) >= 11 is 4.06. The van der Waals surface area contributed by atoms with E-state index >= 15 is 0 Å². The second kappa shape index (κ2) is 7.58. The van der Waals surface area contributed by atoms with E-state index in [1.807, 2.05) is 84.1 Å². The van der Waals surface area contributed by atoms with Crippen LogP contribution in [0.25, 0.3) is 33.4 Å². The molecule has 0 radical (unpaired) electrons. The zero-order valence-corrected chi connectivity index (χ0v) is 19.9. The molecular weight excluding hydrogens is 476 g/mol. The van der Waals surface area contributed by atoms with Gasteiger partial charge in [-0.05, 0) is 47.3 Å². The average Bonchev–Trinajstić information content (AvgIpc) is 3.55. The highest BCUT2D eigenvalue weighted by Gasteiger charge is 2.24. The van der Waals surface area contributed by atoms with Gasteiger partial charge in [-0.2, -0.15) is 8.75 Å². The second-order valence-corrected chi connectivity index (χ2v) is 10.5. The van der Waals surface area contributed by atoms with Crippen LogP contribution in [0.15, 0.2) is 78.7 Å². The van der Waals surface area contributed by atoms with Crippen LogP contribution in [0.2, 0.25) is 0 Å². The zero-order valence-electron chi connectivity index (χ0n) is 17.5. The first-order valence-corrected chi connectivity index (χ1v) is 12.4. The minimum atomic E-state index is -0.154. The molecule has 0 fully saturated rings. The summed E-state index contributed by atoms with van der Waals surface area (Å²) in [6.07, 6.45) is 0. The van der Waals surface area contributed by atoms with Crippen molar-refractivity contribution in [2.75, 3.05) is 0 Å². The molecule has 0 atom stereocenters. The number of benzene rings is 2. The van der Waals surface area contributed by atoms with Gasteiger partial charge in [0.1, 0.15) is 19.5 Å². The SMILES string of the molecule is Cn1c2c(Sc3snc4c(=O)n(-c5ccccc5)n(C)c34)snc2c(=O)n1-c1ccccc1. The van der Waals surface area contributed by atoms with Crippen molar-refractivity contribution in [3.8, 4) is 11.4 Å². The maximum absolute atomic E-state index is 13.1. The first kappa shape index (κ1) is 20.2. The Balaban J connectivity index is 1.50. The number of rotatable bonds is 4. The first-order chi connectivity index (χ1) is 16.1. The summed E-state index contributed by atoms with van der Waals surface area (Å²) in [4.78, 5) is 26.1. The van der Waals surface area contributed by atoms with Crippen LogP contribution in [0, 0.1) is 0 Å². The summed E-state index contributed by atoms with van der Waals surface area (Å²) in [5.74, 6) is 0. The van der Waals surface area contributed by atoms with Crippen molar-refractivity contribution in [3.63, 3.8) is 0 Å². The van der Waals surface area contributed by atoms with Gasteiger partial charge in [-0.25, -0.2) is 9.36 Å². The molecule has 0 aliphatic carbocycles. The van der Waals surface area contributed by atoms with E-state index in [1.54, 1.807) is 9.36 Å². The highest BCUT2D eigenvalue weighted by Crippen LogP contribution is 2.41. The summed E-state index contributed by atoms with van der Waals surface area (Å²) in [7, 11) is 3.72. The standard InChI is InChI=1S/C22H16N6O2S3/c1-25-17-15(19(29)27(25)13-9-5-3-6-10-13)23-32-21(17)31-22-18-16(24-33-22)20(30)28(26(18)2)14-11-7-4-8-12-14/h3-12H,1-2H3. The molecule has 33 heavy (non-hydrogen) atoms. The van der Waals surface area contributed by atoms with E-state index in [2.05, 4.69) is 8.75 Å². The number of hydrogen-bond acceptors (Lipinski definition) is 7. The van der Waals surface area contributed by atoms with Crippen molar-refractivity contribution in [1.29, 1.82) is 0 Å². The highest BCUT2D eigenvalue weighted by atomic mass is 32.2. The summed E-state index contributed by atoms with van der Waals surface area (Å²) in [6.45, 7) is 0. The molecule has 11 heteroatoms. The van der Waals surface area contributed by atoms with Gasteiger partial charge in [-0.15, -0.1) is 0 Å². The van der Waals surface area contributed by atoms with E-state index in [0.29, 0.717) is 11.0 Å². The molecule has 164 valence electrons. The van der Waals surface area contributed by atoms with Crippen LogP contribution in [0.1, 0.15) is 0 Å². The van der Waals surface area contributed by atoms with Crippen molar-refractivity contribution in [3.05, 3.63) is 81.4 Å². The van der Waals surface area contributed by atoms with Crippen molar-refractivity contribution in [1.82, 2.24) is 27.5 Å². The number of hydrogen-bond donors (Lipinski definition) is 0. The Morgan fingerprint density at radius 2 is 1.06 bits per heavy atom. The first-order valence-electron chi connectivity index (χ1n) is 9.99. The largest absolute Gasteiger partial charge is 0.299 e. The van der Waals surface area contributed by atoms with Gasteiger partial charge in [0, 0.05) is 14.1 Å². The van der Waals surface area contributed by atoms with Gasteiger partial charge in [-0.1, -0.05) is 48.2 Å². The van der Waals surface area contributed by atoms with Crippen LogP contribution < -0.4 is 11.1 Å². The Morgan fingerprint density at radius 1 is 0.667 bits per heavy atom. The third kappa shape index (κ3) is 2.96. The Bertz CT molecular complexity index is 1620. The molecule has 0 unspecified atom stereocenters. The topological polar surface area (TPSA) is 79.6 Å². The lowest BCUT2D eigenvalue weighted by molar-refractivity contribution is 0.663. The normalized spacial score (nSPS) is 11.7. The molecular formula is C22H16N6O2S3. The lowest BCUT2D eigenvalue weighted by Gasteiger charge is -2.08. The van der Waals surface area contributed by atoms with E-state index in [4.69, 9.17) is 0 Å². The number of para-hydroxylation sites is 2. The van der Waals surface area contributed by atoms with Crippen LogP contribution in [0.3, 0.4) is 0 Å². The molecule has 0 saturated carbocycles. The Hall–Kier alpha value is -3.41. The molecule has 0 N–H and O–H groups in total. The molecule has 0 aliphatic rings. The fraction of sp³-hybridized carbons (Fsp3) is 0.0909. The van der Waals surface area contributed by atoms with Gasteiger partial charge in [0.05, 0.1) is 11.4 Å². The van der Waals surface area contributed by atoms with E-state index in [1.165, 1.54) is 34.8 Å². The fourth-order valence-corrected chi connectivity index (χ4v) is 7.31. The summed E-state index contributed by atoms with van der Waals surface area (Å²) in [5.41, 5.74) is 3.67. The maximum atomic E-state index is 13.1. The van der Waals surface area contributed by atoms with Gasteiger partial charge in [0.15, 0.2) is 11.0 Å². The third-order valence-electron chi connectivity index (χ3n) is 5.50. The smallest absolute Gasteiger partial charge is 0.277 e. The van der Waals surface area contributed by atoms with Crippen LogP contribution in [0.5, 0.6) is 0 Å². The summed E-state index contributed by atoms with van der Waals surface area (Å²) < 4.78 is 17.6. The summed E-state index contributed by atoms with van der Waals surface area (Å²) in [6, 6.07) is 19.0. The number of aromatic nitrogens is 6. The van der Waals surface area contributed by atoms with Crippen LogP contribution in [0.4, 0.5) is 0 Å². The number of fused-ring (bicyclic) bond motifs is 2. The van der Waals surface area contributed by atoms with Crippen molar-refractivity contribution >= 4 is 56.9 Å². The maximum Gasteiger partial charge on any atom is 0.299 e. The molecule has 4 heterocycles. The van der Waals surface area contributed by atoms with E-state index < -0.39 is 0 Å². The molecule has 4 aromatic heterocycles. The molecule has 8 nitrogen and oxygen atoms in total. The molecule has 0 aliphatic heterocycles. The number of aryl methyl sites for hydroxylation is 2. The molecule has 0 bridgehead atoms. The monoisotopic (exact) mass is 492 g/mol. The van der Waals surface area contributed by atoms with Crippen molar-refractivity contribution < 1.29 is 0 Å². The van der Waals surface area contributed by atoms with E-state index in [-0.39, 0.29) is 11.1 Å². The van der Waals surface area contributed by atoms with E-state index in [0.717, 1.165) is 30.8 Å². The van der Waals surface area contributed by atoms with E-state index in [9.17, 15) is 9.59 Å². The lowest BCUT2D eigenvalue weighted by Crippen LogP contribution is -2.19. The Kier molecular flexibility index (Phi) is 4.64. The highest BCUT2D eigenvalue weighted by molar-refractivity contribution is 8.03.